The van der Waals surface area contributed by atoms with E-state index in [9.17, 15) is 4.79 Å². The number of piperidine rings is 1. The predicted molar refractivity (Wildman–Crippen MR) is 93.1 cm³/mol. The summed E-state index contributed by atoms with van der Waals surface area (Å²) in [7, 11) is 0. The Bertz CT molecular complexity index is 505. The largest absolute Gasteiger partial charge is 0.341 e. The van der Waals surface area contributed by atoms with Crippen molar-refractivity contribution in [2.75, 3.05) is 32.7 Å². The van der Waals surface area contributed by atoms with Gasteiger partial charge in [0.15, 0.2) is 0 Å². The first kappa shape index (κ1) is 16.5. The molecular formula is C19H29N3O. The van der Waals surface area contributed by atoms with Crippen LogP contribution < -0.4 is 5.32 Å². The summed E-state index contributed by atoms with van der Waals surface area (Å²) < 4.78 is 0. The zero-order chi connectivity index (χ0) is 16.1. The number of carbonyl (C=O) groups is 1. The lowest BCUT2D eigenvalue weighted by Gasteiger charge is -2.31. The van der Waals surface area contributed by atoms with E-state index in [0.717, 1.165) is 58.5 Å². The van der Waals surface area contributed by atoms with Crippen LogP contribution in [0.4, 0.5) is 0 Å². The highest BCUT2D eigenvalue weighted by Gasteiger charge is 2.29. The molecule has 1 amide bonds. The molecule has 1 N–H and O–H groups in total. The van der Waals surface area contributed by atoms with Crippen molar-refractivity contribution in [3.63, 3.8) is 0 Å². The molecule has 1 aromatic carbocycles. The van der Waals surface area contributed by atoms with Crippen LogP contribution in [0.1, 0.15) is 31.7 Å². The van der Waals surface area contributed by atoms with E-state index >= 15 is 0 Å². The monoisotopic (exact) mass is 315 g/mol. The van der Waals surface area contributed by atoms with Crippen LogP contribution in [0.2, 0.25) is 0 Å². The highest BCUT2D eigenvalue weighted by Crippen LogP contribution is 2.20. The highest BCUT2D eigenvalue weighted by molar-refractivity contribution is 5.79. The van der Waals surface area contributed by atoms with E-state index in [4.69, 9.17) is 0 Å². The molecule has 0 aliphatic carbocycles. The van der Waals surface area contributed by atoms with Gasteiger partial charge in [0.25, 0.3) is 0 Å². The van der Waals surface area contributed by atoms with Gasteiger partial charge in [-0.1, -0.05) is 30.3 Å². The second-order valence-corrected chi connectivity index (χ2v) is 7.02. The fourth-order valence-electron chi connectivity index (χ4n) is 3.81. The van der Waals surface area contributed by atoms with Gasteiger partial charge in [-0.05, 0) is 38.3 Å². The molecular weight excluding hydrogens is 286 g/mol. The summed E-state index contributed by atoms with van der Waals surface area (Å²) in [4.78, 5) is 17.4. The summed E-state index contributed by atoms with van der Waals surface area (Å²) in [5, 5.41) is 3.44. The number of carbonyl (C=O) groups excluding carboxylic acids is 1. The second kappa shape index (κ2) is 7.93. The summed E-state index contributed by atoms with van der Waals surface area (Å²) in [6.45, 7) is 8.02. The minimum Gasteiger partial charge on any atom is -0.341 e. The van der Waals surface area contributed by atoms with Crippen molar-refractivity contribution in [1.29, 1.82) is 0 Å². The number of hydrogen-bond acceptors (Lipinski definition) is 3. The van der Waals surface area contributed by atoms with Crippen molar-refractivity contribution in [1.82, 2.24) is 15.1 Å². The summed E-state index contributed by atoms with van der Waals surface area (Å²) in [5.74, 6) is 0.617. The molecule has 2 fully saturated rings. The van der Waals surface area contributed by atoms with Crippen LogP contribution in [0.15, 0.2) is 30.3 Å². The van der Waals surface area contributed by atoms with Gasteiger partial charge in [-0.15, -0.1) is 0 Å². The Hall–Kier alpha value is -1.39. The van der Waals surface area contributed by atoms with Crippen LogP contribution >= 0.6 is 0 Å². The summed E-state index contributed by atoms with van der Waals surface area (Å²) in [6, 6.07) is 11.1. The van der Waals surface area contributed by atoms with Gasteiger partial charge in [-0.2, -0.15) is 0 Å². The van der Waals surface area contributed by atoms with Gasteiger partial charge in [0, 0.05) is 44.7 Å². The molecule has 2 atom stereocenters. The minimum atomic E-state index is 0.229. The number of nitrogens with zero attached hydrogens (tertiary/aromatic N) is 2. The Balaban J connectivity index is 1.52. The molecule has 3 rings (SSSR count). The number of amides is 1. The molecule has 2 aliphatic heterocycles. The van der Waals surface area contributed by atoms with Crippen LogP contribution in [0, 0.1) is 5.92 Å². The molecule has 2 aliphatic rings. The van der Waals surface area contributed by atoms with Gasteiger partial charge in [0.2, 0.25) is 5.91 Å². The van der Waals surface area contributed by atoms with E-state index in [2.05, 4.69) is 52.4 Å². The van der Waals surface area contributed by atoms with E-state index in [0.29, 0.717) is 11.9 Å². The van der Waals surface area contributed by atoms with Gasteiger partial charge in [-0.25, -0.2) is 0 Å². The van der Waals surface area contributed by atoms with E-state index in [1.54, 1.807) is 0 Å². The molecule has 0 aromatic heterocycles. The summed E-state index contributed by atoms with van der Waals surface area (Å²) >= 11 is 0. The Morgan fingerprint density at radius 2 is 2.00 bits per heavy atom. The first-order valence-electron chi connectivity index (χ1n) is 9.01. The van der Waals surface area contributed by atoms with Gasteiger partial charge >= 0.3 is 0 Å². The maximum atomic E-state index is 12.8. The zero-order valence-corrected chi connectivity index (χ0v) is 14.2. The second-order valence-electron chi connectivity index (χ2n) is 7.02. The zero-order valence-electron chi connectivity index (χ0n) is 14.2. The molecule has 4 nitrogen and oxygen atoms in total. The van der Waals surface area contributed by atoms with Crippen LogP contribution in [-0.4, -0.2) is 54.5 Å². The molecule has 4 heteroatoms. The average molecular weight is 315 g/mol. The molecule has 2 heterocycles. The topological polar surface area (TPSA) is 35.6 Å². The molecule has 0 radical (unpaired) electrons. The van der Waals surface area contributed by atoms with Gasteiger partial charge in [-0.3, -0.25) is 9.69 Å². The Morgan fingerprint density at radius 3 is 2.78 bits per heavy atom. The van der Waals surface area contributed by atoms with Gasteiger partial charge in [0.05, 0.1) is 0 Å². The van der Waals surface area contributed by atoms with Crippen molar-refractivity contribution < 1.29 is 4.79 Å². The highest BCUT2D eigenvalue weighted by atomic mass is 16.2. The SMILES string of the molecule is C[C@H]1C[C@@H](C(=O)N2CCCN(Cc3ccccc3)CC2)CCN1. The smallest absolute Gasteiger partial charge is 0.225 e. The maximum Gasteiger partial charge on any atom is 0.225 e. The number of benzene rings is 1. The molecule has 0 spiro atoms. The van der Waals surface area contributed by atoms with Gasteiger partial charge < -0.3 is 10.2 Å². The normalized spacial score (nSPS) is 26.7. The maximum absolute atomic E-state index is 12.8. The molecule has 2 saturated heterocycles. The third-order valence-corrected chi connectivity index (χ3v) is 5.12. The molecule has 126 valence electrons. The Morgan fingerprint density at radius 1 is 1.17 bits per heavy atom. The fraction of sp³-hybridized carbons (Fsp3) is 0.632. The van der Waals surface area contributed by atoms with Crippen molar-refractivity contribution in [2.24, 2.45) is 5.92 Å². The third kappa shape index (κ3) is 4.55. The lowest BCUT2D eigenvalue weighted by Crippen LogP contribution is -2.45. The van der Waals surface area contributed by atoms with E-state index in [1.165, 1.54) is 5.56 Å². The van der Waals surface area contributed by atoms with E-state index in [-0.39, 0.29) is 5.92 Å². The first-order chi connectivity index (χ1) is 11.2. The van der Waals surface area contributed by atoms with E-state index < -0.39 is 0 Å². The van der Waals surface area contributed by atoms with Crippen LogP contribution in [0.25, 0.3) is 0 Å². The standard InChI is InChI=1S/C19H29N3O/c1-16-14-18(8-9-20-16)19(23)22-11-5-10-21(12-13-22)15-17-6-3-2-4-7-17/h2-4,6-7,16,18,20H,5,8-15H2,1H3/t16-,18-/m0/s1. The Labute approximate surface area is 139 Å². The predicted octanol–water partition coefficient (Wildman–Crippen LogP) is 2.11. The molecule has 23 heavy (non-hydrogen) atoms. The first-order valence-corrected chi connectivity index (χ1v) is 9.01. The quantitative estimate of drug-likeness (QED) is 0.928. The van der Waals surface area contributed by atoms with Crippen molar-refractivity contribution >= 4 is 5.91 Å². The number of rotatable bonds is 3. The molecule has 1 aromatic rings. The van der Waals surface area contributed by atoms with Crippen molar-refractivity contribution in [2.45, 2.75) is 38.8 Å². The van der Waals surface area contributed by atoms with Crippen molar-refractivity contribution in [3.05, 3.63) is 35.9 Å². The van der Waals surface area contributed by atoms with Crippen LogP contribution in [0.5, 0.6) is 0 Å². The van der Waals surface area contributed by atoms with Crippen LogP contribution in [-0.2, 0) is 11.3 Å². The lowest BCUT2D eigenvalue weighted by atomic mass is 9.92. The average Bonchev–Trinajstić information content (AvgIpc) is 2.81. The summed E-state index contributed by atoms with van der Waals surface area (Å²) in [6.07, 6.45) is 3.07. The number of hydrogen-bond donors (Lipinski definition) is 1. The summed E-state index contributed by atoms with van der Waals surface area (Å²) in [5.41, 5.74) is 1.36. The van der Waals surface area contributed by atoms with Gasteiger partial charge in [0.1, 0.15) is 0 Å². The van der Waals surface area contributed by atoms with Crippen LogP contribution in [0.3, 0.4) is 0 Å². The molecule has 0 bridgehead atoms. The fourth-order valence-corrected chi connectivity index (χ4v) is 3.81. The molecule has 0 saturated carbocycles. The van der Waals surface area contributed by atoms with Crippen molar-refractivity contribution in [3.8, 4) is 0 Å². The number of nitrogens with one attached hydrogen (secondary N) is 1. The van der Waals surface area contributed by atoms with E-state index in [1.807, 2.05) is 0 Å². The lowest BCUT2D eigenvalue weighted by molar-refractivity contribution is -0.136. The minimum absolute atomic E-state index is 0.229. The molecule has 0 unspecified atom stereocenters. The Kier molecular flexibility index (Phi) is 5.68. The third-order valence-electron chi connectivity index (χ3n) is 5.12.